The molecule has 3 aromatic rings. The van der Waals surface area contributed by atoms with E-state index in [1.165, 1.54) is 13.1 Å². The van der Waals surface area contributed by atoms with Crippen LogP contribution in [0, 0.1) is 0 Å². The van der Waals surface area contributed by atoms with E-state index in [-0.39, 0.29) is 11.7 Å². The second kappa shape index (κ2) is 8.60. The van der Waals surface area contributed by atoms with E-state index in [4.69, 9.17) is 4.74 Å². The zero-order valence-corrected chi connectivity index (χ0v) is 16.5. The fraction of sp³-hybridized carbons (Fsp3) is 0.200. The summed E-state index contributed by atoms with van der Waals surface area (Å²) in [4.78, 5) is 16.0. The summed E-state index contributed by atoms with van der Waals surface area (Å²) >= 11 is 1.14. The molecule has 152 valence electrons. The van der Waals surface area contributed by atoms with Crippen molar-refractivity contribution in [3.63, 3.8) is 0 Å². The molecule has 5 nitrogen and oxygen atoms in total. The quantitative estimate of drug-likeness (QED) is 0.600. The number of aromatic nitrogens is 2. The first kappa shape index (κ1) is 20.8. The van der Waals surface area contributed by atoms with Crippen molar-refractivity contribution in [2.24, 2.45) is 0 Å². The highest BCUT2D eigenvalue weighted by molar-refractivity contribution is 7.99. The molecule has 0 saturated heterocycles. The Bertz CT molecular complexity index is 1000. The van der Waals surface area contributed by atoms with E-state index in [1.54, 1.807) is 48.2 Å². The van der Waals surface area contributed by atoms with E-state index in [0.29, 0.717) is 22.3 Å². The Hall–Kier alpha value is -2.94. The maximum Gasteiger partial charge on any atom is 0.416 e. The molecular formula is C20H18F3N3O2S. The lowest BCUT2D eigenvalue weighted by atomic mass is 10.1. The molecule has 0 unspecified atom stereocenters. The molecule has 0 aliphatic rings. The van der Waals surface area contributed by atoms with Crippen LogP contribution in [0.3, 0.4) is 0 Å². The minimum atomic E-state index is -4.47. The third kappa shape index (κ3) is 4.73. The third-order valence-corrected chi connectivity index (χ3v) is 5.11. The maximum atomic E-state index is 13.2. The van der Waals surface area contributed by atoms with Crippen molar-refractivity contribution in [2.45, 2.75) is 11.3 Å². The van der Waals surface area contributed by atoms with E-state index in [0.717, 1.165) is 29.5 Å². The van der Waals surface area contributed by atoms with Crippen LogP contribution in [0.15, 0.2) is 59.9 Å². The molecule has 0 saturated carbocycles. The van der Waals surface area contributed by atoms with Gasteiger partial charge in [0.15, 0.2) is 5.16 Å². The van der Waals surface area contributed by atoms with Crippen molar-refractivity contribution >= 4 is 17.7 Å². The molecule has 1 amide bonds. The molecule has 1 aromatic heterocycles. The molecule has 1 N–H and O–H groups in total. The van der Waals surface area contributed by atoms with Crippen LogP contribution in [0.2, 0.25) is 0 Å². The summed E-state index contributed by atoms with van der Waals surface area (Å²) in [6, 6.07) is 12.1. The Morgan fingerprint density at radius 3 is 2.55 bits per heavy atom. The number of hydrogen-bond donors (Lipinski definition) is 1. The van der Waals surface area contributed by atoms with E-state index in [9.17, 15) is 18.0 Å². The number of carbonyl (C=O) groups excluding carboxylic acids is 1. The first-order chi connectivity index (χ1) is 13.8. The Labute approximate surface area is 169 Å². The number of alkyl halides is 3. The molecule has 1 heterocycles. The SMILES string of the molecule is CNC(=O)CSc1ncc(-c2ccc(OC)cc2)n1-c1cccc(C(F)(F)F)c1. The molecule has 0 spiro atoms. The molecule has 3 rings (SSSR count). The van der Waals surface area contributed by atoms with E-state index < -0.39 is 11.7 Å². The van der Waals surface area contributed by atoms with Gasteiger partial charge in [0, 0.05) is 18.3 Å². The van der Waals surface area contributed by atoms with E-state index in [2.05, 4.69) is 10.3 Å². The van der Waals surface area contributed by atoms with Crippen molar-refractivity contribution < 1.29 is 22.7 Å². The number of ether oxygens (including phenoxy) is 1. The summed E-state index contributed by atoms with van der Waals surface area (Å²) in [5.41, 5.74) is 0.906. The molecule has 29 heavy (non-hydrogen) atoms. The van der Waals surface area contributed by atoms with Crippen LogP contribution in [0.1, 0.15) is 5.56 Å². The van der Waals surface area contributed by atoms with Crippen molar-refractivity contribution in [2.75, 3.05) is 19.9 Å². The van der Waals surface area contributed by atoms with Crippen LogP contribution in [-0.4, -0.2) is 35.4 Å². The van der Waals surface area contributed by atoms with Crippen LogP contribution >= 0.6 is 11.8 Å². The Kier molecular flexibility index (Phi) is 6.17. The lowest BCUT2D eigenvalue weighted by molar-refractivity contribution is -0.137. The average Bonchev–Trinajstić information content (AvgIpc) is 3.15. The number of hydrogen-bond acceptors (Lipinski definition) is 4. The first-order valence-electron chi connectivity index (χ1n) is 8.56. The van der Waals surface area contributed by atoms with Gasteiger partial charge in [0.2, 0.25) is 5.91 Å². The second-order valence-electron chi connectivity index (χ2n) is 6.00. The molecule has 0 bridgehead atoms. The van der Waals surface area contributed by atoms with Gasteiger partial charge in [-0.25, -0.2) is 4.98 Å². The number of nitrogens with zero attached hydrogens (tertiary/aromatic N) is 2. The van der Waals surface area contributed by atoms with Crippen molar-refractivity contribution in [1.29, 1.82) is 0 Å². The monoisotopic (exact) mass is 421 g/mol. The average molecular weight is 421 g/mol. The number of imidazole rings is 1. The van der Waals surface area contributed by atoms with Crippen LogP contribution in [0.5, 0.6) is 5.75 Å². The van der Waals surface area contributed by atoms with Gasteiger partial charge in [0.25, 0.3) is 0 Å². The molecule has 0 radical (unpaired) electrons. The number of nitrogens with one attached hydrogen (secondary N) is 1. The first-order valence-corrected chi connectivity index (χ1v) is 9.55. The largest absolute Gasteiger partial charge is 0.497 e. The third-order valence-electron chi connectivity index (χ3n) is 4.16. The van der Waals surface area contributed by atoms with Gasteiger partial charge in [-0.3, -0.25) is 9.36 Å². The minimum Gasteiger partial charge on any atom is -0.497 e. The van der Waals surface area contributed by atoms with Crippen molar-refractivity contribution in [3.8, 4) is 22.7 Å². The summed E-state index contributed by atoms with van der Waals surface area (Å²) in [6.07, 6.45) is -2.89. The number of benzene rings is 2. The molecule has 0 atom stereocenters. The van der Waals surface area contributed by atoms with Gasteiger partial charge in [-0.05, 0) is 42.5 Å². The lowest BCUT2D eigenvalue weighted by Crippen LogP contribution is -2.20. The topological polar surface area (TPSA) is 56.1 Å². The predicted molar refractivity (Wildman–Crippen MR) is 105 cm³/mol. The molecule has 0 aliphatic heterocycles. The number of carbonyl (C=O) groups is 1. The molecule has 2 aromatic carbocycles. The van der Waals surface area contributed by atoms with Crippen LogP contribution in [0.4, 0.5) is 13.2 Å². The predicted octanol–water partition coefficient (Wildman–Crippen LogP) is 4.40. The summed E-state index contributed by atoms with van der Waals surface area (Å²) in [6.45, 7) is 0. The van der Waals surface area contributed by atoms with Crippen LogP contribution in [0.25, 0.3) is 16.9 Å². The summed E-state index contributed by atoms with van der Waals surface area (Å²) in [7, 11) is 3.07. The Morgan fingerprint density at radius 2 is 1.93 bits per heavy atom. The van der Waals surface area contributed by atoms with Crippen molar-refractivity contribution in [1.82, 2.24) is 14.9 Å². The van der Waals surface area contributed by atoms with Crippen molar-refractivity contribution in [3.05, 3.63) is 60.3 Å². The van der Waals surface area contributed by atoms with Gasteiger partial charge >= 0.3 is 6.18 Å². The number of rotatable bonds is 6. The lowest BCUT2D eigenvalue weighted by Gasteiger charge is -2.14. The van der Waals surface area contributed by atoms with Gasteiger partial charge < -0.3 is 10.1 Å². The summed E-state index contributed by atoms with van der Waals surface area (Å²) in [5, 5.41) is 2.93. The smallest absolute Gasteiger partial charge is 0.416 e. The van der Waals surface area contributed by atoms with Gasteiger partial charge in [0.1, 0.15) is 5.75 Å². The fourth-order valence-corrected chi connectivity index (χ4v) is 3.54. The van der Waals surface area contributed by atoms with E-state index in [1.807, 2.05) is 0 Å². The molecule has 9 heteroatoms. The second-order valence-corrected chi connectivity index (χ2v) is 6.94. The summed E-state index contributed by atoms with van der Waals surface area (Å²) in [5.74, 6) is 0.543. The molecular weight excluding hydrogens is 403 g/mol. The van der Waals surface area contributed by atoms with Gasteiger partial charge in [-0.15, -0.1) is 0 Å². The fourth-order valence-electron chi connectivity index (χ4n) is 2.68. The molecule has 0 fully saturated rings. The highest BCUT2D eigenvalue weighted by Gasteiger charge is 2.31. The normalized spacial score (nSPS) is 11.3. The highest BCUT2D eigenvalue weighted by Crippen LogP contribution is 2.34. The standard InChI is InChI=1S/C20H18F3N3O2S/c1-24-18(27)12-29-19-25-11-17(13-6-8-16(28-2)9-7-13)26(19)15-5-3-4-14(10-15)20(21,22)23/h3-11H,12H2,1-2H3,(H,24,27). The van der Waals surface area contributed by atoms with Gasteiger partial charge in [0.05, 0.1) is 30.3 Å². The minimum absolute atomic E-state index is 0.0918. The summed E-state index contributed by atoms with van der Waals surface area (Å²) < 4.78 is 46.4. The number of methoxy groups -OCH3 is 1. The number of amides is 1. The van der Waals surface area contributed by atoms with E-state index >= 15 is 0 Å². The maximum absolute atomic E-state index is 13.2. The zero-order valence-electron chi connectivity index (χ0n) is 15.7. The Morgan fingerprint density at radius 1 is 1.21 bits per heavy atom. The van der Waals surface area contributed by atoms with Gasteiger partial charge in [-0.1, -0.05) is 17.8 Å². The van der Waals surface area contributed by atoms with Gasteiger partial charge in [-0.2, -0.15) is 13.2 Å². The zero-order chi connectivity index (χ0) is 21.0. The highest BCUT2D eigenvalue weighted by atomic mass is 32.2. The number of thioether (sulfide) groups is 1. The number of halogens is 3. The Balaban J connectivity index is 2.10. The molecule has 0 aliphatic carbocycles. The van der Waals surface area contributed by atoms with Crippen LogP contribution < -0.4 is 10.1 Å². The van der Waals surface area contributed by atoms with Crippen LogP contribution in [-0.2, 0) is 11.0 Å².